The maximum absolute atomic E-state index is 5.32. The lowest BCUT2D eigenvalue weighted by Crippen LogP contribution is -2.24. The molecule has 1 aromatic heterocycles. The van der Waals surface area contributed by atoms with E-state index in [9.17, 15) is 0 Å². The molecular weight excluding hydrogens is 352 g/mol. The summed E-state index contributed by atoms with van der Waals surface area (Å²) in [6.45, 7) is 7.08. The van der Waals surface area contributed by atoms with Crippen molar-refractivity contribution in [3.8, 4) is 0 Å². The van der Waals surface area contributed by atoms with E-state index in [0.717, 1.165) is 17.9 Å². The molecule has 2 aromatic carbocycles. The summed E-state index contributed by atoms with van der Waals surface area (Å²) >= 11 is 5.32. The molecule has 0 aliphatic heterocycles. The SMILES string of the molecule is Cc1cccc(Cn2cccc2/C=N/NC(=S)Nc2ccc(C)c(C)c2)c1. The van der Waals surface area contributed by atoms with Gasteiger partial charge in [-0.05, 0) is 73.9 Å². The van der Waals surface area contributed by atoms with Crippen molar-refractivity contribution >= 4 is 29.2 Å². The van der Waals surface area contributed by atoms with Gasteiger partial charge in [0.15, 0.2) is 5.11 Å². The second-order valence-electron chi connectivity index (χ2n) is 6.67. The van der Waals surface area contributed by atoms with Crippen molar-refractivity contribution in [1.29, 1.82) is 0 Å². The predicted molar refractivity (Wildman–Crippen MR) is 118 cm³/mol. The van der Waals surface area contributed by atoms with Gasteiger partial charge in [-0.1, -0.05) is 35.9 Å². The number of aryl methyl sites for hydroxylation is 3. The third-order valence-electron chi connectivity index (χ3n) is 4.43. The molecule has 0 fully saturated rings. The van der Waals surface area contributed by atoms with E-state index in [4.69, 9.17) is 12.2 Å². The van der Waals surface area contributed by atoms with Gasteiger partial charge in [0, 0.05) is 18.4 Å². The first-order valence-electron chi connectivity index (χ1n) is 8.89. The summed E-state index contributed by atoms with van der Waals surface area (Å²) in [6, 6.07) is 18.7. The fraction of sp³-hybridized carbons (Fsp3) is 0.182. The van der Waals surface area contributed by atoms with Gasteiger partial charge in [-0.15, -0.1) is 0 Å². The van der Waals surface area contributed by atoms with E-state index < -0.39 is 0 Å². The lowest BCUT2D eigenvalue weighted by atomic mass is 10.1. The average molecular weight is 377 g/mol. The van der Waals surface area contributed by atoms with Crippen LogP contribution in [0.3, 0.4) is 0 Å². The Bertz CT molecular complexity index is 972. The minimum atomic E-state index is 0.464. The zero-order valence-electron chi connectivity index (χ0n) is 15.9. The molecule has 0 radical (unpaired) electrons. The molecule has 0 aliphatic rings. The van der Waals surface area contributed by atoms with E-state index in [-0.39, 0.29) is 0 Å². The van der Waals surface area contributed by atoms with Gasteiger partial charge < -0.3 is 9.88 Å². The van der Waals surface area contributed by atoms with E-state index in [2.05, 4.69) is 83.8 Å². The van der Waals surface area contributed by atoms with Crippen LogP contribution in [0.5, 0.6) is 0 Å². The van der Waals surface area contributed by atoms with Crippen LogP contribution in [0.2, 0.25) is 0 Å². The summed E-state index contributed by atoms with van der Waals surface area (Å²) in [5.74, 6) is 0. The lowest BCUT2D eigenvalue weighted by Gasteiger charge is -2.09. The quantitative estimate of drug-likeness (QED) is 0.382. The number of thiocarbonyl (C=S) groups is 1. The summed E-state index contributed by atoms with van der Waals surface area (Å²) in [6.07, 6.45) is 3.83. The number of hydrazone groups is 1. The van der Waals surface area contributed by atoms with Crippen LogP contribution in [0.15, 0.2) is 65.9 Å². The molecule has 0 unspecified atom stereocenters. The van der Waals surface area contributed by atoms with E-state index in [1.54, 1.807) is 6.21 Å². The first-order valence-corrected chi connectivity index (χ1v) is 9.30. The van der Waals surface area contributed by atoms with Crippen molar-refractivity contribution in [2.75, 3.05) is 5.32 Å². The van der Waals surface area contributed by atoms with Crippen LogP contribution >= 0.6 is 12.2 Å². The minimum absolute atomic E-state index is 0.464. The van der Waals surface area contributed by atoms with Gasteiger partial charge >= 0.3 is 0 Å². The molecule has 5 heteroatoms. The monoisotopic (exact) mass is 376 g/mol. The number of hydrogen-bond donors (Lipinski definition) is 2. The van der Waals surface area contributed by atoms with E-state index in [1.807, 2.05) is 18.2 Å². The predicted octanol–water partition coefficient (Wildman–Crippen LogP) is 4.78. The number of anilines is 1. The molecule has 3 aromatic rings. The Labute approximate surface area is 165 Å². The highest BCUT2D eigenvalue weighted by Crippen LogP contribution is 2.14. The number of hydrogen-bond acceptors (Lipinski definition) is 2. The molecule has 4 nitrogen and oxygen atoms in total. The van der Waals surface area contributed by atoms with Gasteiger partial charge in [-0.25, -0.2) is 0 Å². The van der Waals surface area contributed by atoms with Crippen molar-refractivity contribution < 1.29 is 0 Å². The standard InChI is InChI=1S/C22H24N4S/c1-16-6-4-7-19(12-16)15-26-11-5-8-21(26)14-23-25-22(27)24-20-10-9-17(2)18(3)13-20/h4-14H,15H2,1-3H3,(H2,24,25,27)/b23-14+. The fourth-order valence-corrected chi connectivity index (χ4v) is 3.00. The summed E-state index contributed by atoms with van der Waals surface area (Å²) in [7, 11) is 0. The molecule has 0 amide bonds. The number of benzene rings is 2. The van der Waals surface area contributed by atoms with E-state index in [1.165, 1.54) is 22.3 Å². The van der Waals surface area contributed by atoms with Crippen LogP contribution < -0.4 is 10.7 Å². The minimum Gasteiger partial charge on any atom is -0.342 e. The van der Waals surface area contributed by atoms with E-state index >= 15 is 0 Å². The van der Waals surface area contributed by atoms with Gasteiger partial charge in [0.1, 0.15) is 0 Å². The third-order valence-corrected chi connectivity index (χ3v) is 4.62. The van der Waals surface area contributed by atoms with Crippen molar-refractivity contribution in [2.45, 2.75) is 27.3 Å². The molecule has 27 heavy (non-hydrogen) atoms. The summed E-state index contributed by atoms with van der Waals surface area (Å²) in [5, 5.41) is 7.88. The van der Waals surface area contributed by atoms with E-state index in [0.29, 0.717) is 5.11 Å². The van der Waals surface area contributed by atoms with Crippen LogP contribution in [-0.2, 0) is 6.54 Å². The molecule has 2 N–H and O–H groups in total. The van der Waals surface area contributed by atoms with Crippen LogP contribution in [0, 0.1) is 20.8 Å². The normalized spacial score (nSPS) is 10.9. The highest BCUT2D eigenvalue weighted by molar-refractivity contribution is 7.80. The Morgan fingerprint density at radius 2 is 1.89 bits per heavy atom. The molecule has 0 aliphatic carbocycles. The number of nitrogens with zero attached hydrogens (tertiary/aromatic N) is 2. The molecule has 1 heterocycles. The summed E-state index contributed by atoms with van der Waals surface area (Å²) in [5.41, 5.74) is 9.85. The Kier molecular flexibility index (Phi) is 6.04. The Balaban J connectivity index is 1.59. The van der Waals surface area contributed by atoms with Gasteiger partial charge in [0.2, 0.25) is 0 Å². The molecule has 0 atom stereocenters. The largest absolute Gasteiger partial charge is 0.342 e. The molecule has 138 valence electrons. The van der Waals surface area contributed by atoms with Gasteiger partial charge in [0.25, 0.3) is 0 Å². The molecule has 0 saturated carbocycles. The molecular formula is C22H24N4S. The van der Waals surface area contributed by atoms with Crippen LogP contribution in [0.1, 0.15) is 27.9 Å². The van der Waals surface area contributed by atoms with Crippen LogP contribution in [0.25, 0.3) is 0 Å². The van der Waals surface area contributed by atoms with Crippen molar-refractivity contribution in [3.63, 3.8) is 0 Å². The molecule has 0 spiro atoms. The summed E-state index contributed by atoms with van der Waals surface area (Å²) in [4.78, 5) is 0. The second-order valence-corrected chi connectivity index (χ2v) is 7.08. The number of rotatable bonds is 5. The lowest BCUT2D eigenvalue weighted by molar-refractivity contribution is 0.798. The van der Waals surface area contributed by atoms with Gasteiger partial charge in [-0.2, -0.15) is 5.10 Å². The Hall–Kier alpha value is -2.92. The fourth-order valence-electron chi connectivity index (χ4n) is 2.83. The van der Waals surface area contributed by atoms with Crippen molar-refractivity contribution in [2.24, 2.45) is 5.10 Å². The zero-order chi connectivity index (χ0) is 19.2. The number of aromatic nitrogens is 1. The highest BCUT2D eigenvalue weighted by Gasteiger charge is 2.01. The van der Waals surface area contributed by atoms with Crippen molar-refractivity contribution in [3.05, 3.63) is 88.7 Å². The first kappa shape index (κ1) is 18.9. The van der Waals surface area contributed by atoms with Gasteiger partial charge in [-0.3, -0.25) is 5.43 Å². The smallest absolute Gasteiger partial charge is 0.191 e. The zero-order valence-corrected chi connectivity index (χ0v) is 16.7. The maximum Gasteiger partial charge on any atom is 0.191 e. The first-order chi connectivity index (χ1) is 13.0. The van der Waals surface area contributed by atoms with Crippen LogP contribution in [0.4, 0.5) is 5.69 Å². The van der Waals surface area contributed by atoms with Gasteiger partial charge in [0.05, 0.1) is 11.9 Å². The Morgan fingerprint density at radius 1 is 1.04 bits per heavy atom. The van der Waals surface area contributed by atoms with Crippen LogP contribution in [-0.4, -0.2) is 15.9 Å². The number of nitrogens with one attached hydrogen (secondary N) is 2. The second kappa shape index (κ2) is 8.64. The maximum atomic E-state index is 5.32. The Morgan fingerprint density at radius 3 is 2.67 bits per heavy atom. The molecule has 0 bridgehead atoms. The average Bonchev–Trinajstić information content (AvgIpc) is 3.05. The topological polar surface area (TPSA) is 41.4 Å². The van der Waals surface area contributed by atoms with Crippen molar-refractivity contribution in [1.82, 2.24) is 9.99 Å². The molecule has 0 saturated heterocycles. The summed E-state index contributed by atoms with van der Waals surface area (Å²) < 4.78 is 2.15. The highest BCUT2D eigenvalue weighted by atomic mass is 32.1. The molecule has 3 rings (SSSR count). The third kappa shape index (κ3) is 5.28.